The van der Waals surface area contributed by atoms with Gasteiger partial charge in [-0.1, -0.05) is 36.4 Å². The highest BCUT2D eigenvalue weighted by molar-refractivity contribution is 7.10. The predicted molar refractivity (Wildman–Crippen MR) is 87.5 cm³/mol. The molecule has 0 aliphatic heterocycles. The highest BCUT2D eigenvalue weighted by Crippen LogP contribution is 2.32. The van der Waals surface area contributed by atoms with Crippen LogP contribution < -0.4 is 5.73 Å². The van der Waals surface area contributed by atoms with Crippen LogP contribution >= 0.6 is 11.3 Å². The smallest absolute Gasteiger partial charge is 0.111 e. The fraction of sp³-hybridized carbons (Fsp3) is 0.222. The first-order valence-corrected chi connectivity index (χ1v) is 8.10. The first kappa shape index (κ1) is 14.1. The zero-order valence-corrected chi connectivity index (χ0v) is 12.6. The number of rotatable bonds is 6. The van der Waals surface area contributed by atoms with Crippen molar-refractivity contribution < 1.29 is 4.42 Å². The molecular weight excluding hydrogens is 278 g/mol. The van der Waals surface area contributed by atoms with Crippen molar-refractivity contribution in [3.63, 3.8) is 0 Å². The zero-order chi connectivity index (χ0) is 14.5. The SMILES string of the molecule is NC(CCC(c1ccccc1)c1ccco1)c1cccs1. The summed E-state index contributed by atoms with van der Waals surface area (Å²) in [6.45, 7) is 0. The normalized spacial score (nSPS) is 14.0. The molecule has 3 heteroatoms. The highest BCUT2D eigenvalue weighted by atomic mass is 32.1. The van der Waals surface area contributed by atoms with Crippen LogP contribution in [0.3, 0.4) is 0 Å². The number of nitrogens with two attached hydrogens (primary N) is 1. The van der Waals surface area contributed by atoms with Gasteiger partial charge in [-0.25, -0.2) is 0 Å². The van der Waals surface area contributed by atoms with Crippen molar-refractivity contribution >= 4 is 11.3 Å². The molecule has 0 amide bonds. The van der Waals surface area contributed by atoms with Gasteiger partial charge in [-0.15, -0.1) is 11.3 Å². The summed E-state index contributed by atoms with van der Waals surface area (Å²) in [4.78, 5) is 1.25. The van der Waals surface area contributed by atoms with E-state index in [0.717, 1.165) is 18.6 Å². The number of hydrogen-bond donors (Lipinski definition) is 1. The molecule has 21 heavy (non-hydrogen) atoms. The first-order chi connectivity index (χ1) is 10.3. The molecule has 0 bridgehead atoms. The summed E-state index contributed by atoms with van der Waals surface area (Å²) in [6.07, 6.45) is 3.67. The maximum atomic E-state index is 6.30. The zero-order valence-electron chi connectivity index (χ0n) is 11.8. The minimum atomic E-state index is 0.103. The van der Waals surface area contributed by atoms with Gasteiger partial charge in [-0.3, -0.25) is 0 Å². The predicted octanol–water partition coefficient (Wildman–Crippen LogP) is 4.95. The van der Waals surface area contributed by atoms with Gasteiger partial charge in [0.25, 0.3) is 0 Å². The summed E-state index contributed by atoms with van der Waals surface area (Å²) < 4.78 is 5.63. The number of thiophene rings is 1. The summed E-state index contributed by atoms with van der Waals surface area (Å²) >= 11 is 1.73. The van der Waals surface area contributed by atoms with E-state index in [9.17, 15) is 0 Å². The molecule has 2 nitrogen and oxygen atoms in total. The molecule has 0 fully saturated rings. The van der Waals surface area contributed by atoms with E-state index >= 15 is 0 Å². The van der Waals surface area contributed by atoms with Crippen LogP contribution in [-0.4, -0.2) is 0 Å². The topological polar surface area (TPSA) is 39.2 Å². The third-order valence-corrected chi connectivity index (χ3v) is 4.77. The third-order valence-electron chi connectivity index (χ3n) is 3.76. The van der Waals surface area contributed by atoms with Crippen LogP contribution in [0.4, 0.5) is 0 Å². The second kappa shape index (κ2) is 6.74. The van der Waals surface area contributed by atoms with Crippen molar-refractivity contribution in [2.24, 2.45) is 5.73 Å². The molecule has 2 heterocycles. The molecule has 0 spiro atoms. The monoisotopic (exact) mass is 297 g/mol. The Kier molecular flexibility index (Phi) is 4.53. The molecule has 3 rings (SSSR count). The van der Waals surface area contributed by atoms with Gasteiger partial charge in [0, 0.05) is 16.8 Å². The van der Waals surface area contributed by atoms with E-state index in [4.69, 9.17) is 10.2 Å². The maximum absolute atomic E-state index is 6.30. The van der Waals surface area contributed by atoms with Crippen LogP contribution in [0.15, 0.2) is 70.7 Å². The second-order valence-corrected chi connectivity index (χ2v) is 6.16. The molecule has 2 atom stereocenters. The van der Waals surface area contributed by atoms with Crippen molar-refractivity contribution in [1.82, 2.24) is 0 Å². The summed E-state index contributed by atoms with van der Waals surface area (Å²) in [5.41, 5.74) is 7.58. The summed E-state index contributed by atoms with van der Waals surface area (Å²) in [5, 5.41) is 2.08. The average molecular weight is 297 g/mol. The molecule has 2 aromatic heterocycles. The summed E-state index contributed by atoms with van der Waals surface area (Å²) in [7, 11) is 0. The number of benzene rings is 1. The Morgan fingerprint density at radius 1 is 0.952 bits per heavy atom. The molecule has 0 saturated heterocycles. The Morgan fingerprint density at radius 2 is 1.81 bits per heavy atom. The Morgan fingerprint density at radius 3 is 2.48 bits per heavy atom. The lowest BCUT2D eigenvalue weighted by Gasteiger charge is -2.17. The number of hydrogen-bond acceptors (Lipinski definition) is 3. The fourth-order valence-corrected chi connectivity index (χ4v) is 3.40. The molecule has 0 aliphatic rings. The van der Waals surface area contributed by atoms with E-state index in [1.165, 1.54) is 10.4 Å². The van der Waals surface area contributed by atoms with Crippen LogP contribution in [0.1, 0.15) is 41.0 Å². The van der Waals surface area contributed by atoms with Crippen LogP contribution in [0.5, 0.6) is 0 Å². The van der Waals surface area contributed by atoms with E-state index in [-0.39, 0.29) is 12.0 Å². The summed E-state index contributed by atoms with van der Waals surface area (Å²) in [6, 6.07) is 18.8. The molecule has 1 aromatic carbocycles. The van der Waals surface area contributed by atoms with Crippen molar-refractivity contribution in [3.8, 4) is 0 Å². The van der Waals surface area contributed by atoms with Gasteiger partial charge >= 0.3 is 0 Å². The van der Waals surface area contributed by atoms with Gasteiger partial charge < -0.3 is 10.2 Å². The van der Waals surface area contributed by atoms with E-state index in [1.807, 2.05) is 18.2 Å². The minimum absolute atomic E-state index is 0.103. The molecular formula is C18H19NOS. The van der Waals surface area contributed by atoms with E-state index in [1.54, 1.807) is 17.6 Å². The first-order valence-electron chi connectivity index (χ1n) is 7.22. The largest absolute Gasteiger partial charge is 0.469 e. The van der Waals surface area contributed by atoms with Gasteiger partial charge in [-0.05, 0) is 42.0 Å². The minimum Gasteiger partial charge on any atom is -0.469 e. The van der Waals surface area contributed by atoms with Crippen molar-refractivity contribution in [2.75, 3.05) is 0 Å². The lowest BCUT2D eigenvalue weighted by atomic mass is 9.90. The van der Waals surface area contributed by atoms with Crippen molar-refractivity contribution in [1.29, 1.82) is 0 Å². The van der Waals surface area contributed by atoms with E-state index in [2.05, 4.69) is 41.8 Å². The second-order valence-electron chi connectivity index (χ2n) is 5.18. The van der Waals surface area contributed by atoms with Gasteiger partial charge in [0.15, 0.2) is 0 Å². The van der Waals surface area contributed by atoms with E-state index in [0.29, 0.717) is 0 Å². The number of furan rings is 1. The van der Waals surface area contributed by atoms with Crippen molar-refractivity contribution in [3.05, 3.63) is 82.4 Å². The molecule has 0 aliphatic carbocycles. The average Bonchev–Trinajstić information content (AvgIpc) is 3.22. The molecule has 108 valence electrons. The van der Waals surface area contributed by atoms with Gasteiger partial charge in [0.05, 0.1) is 6.26 Å². The standard InChI is InChI=1S/C18H19NOS/c19-16(18-9-5-13-21-18)11-10-15(17-8-4-12-20-17)14-6-2-1-3-7-14/h1-9,12-13,15-16H,10-11,19H2. The molecule has 3 aromatic rings. The molecule has 0 radical (unpaired) electrons. The lowest BCUT2D eigenvalue weighted by molar-refractivity contribution is 0.458. The van der Waals surface area contributed by atoms with Crippen LogP contribution in [0.25, 0.3) is 0 Å². The molecule has 2 N–H and O–H groups in total. The summed E-state index contributed by atoms with van der Waals surface area (Å²) in [5.74, 6) is 1.28. The quantitative estimate of drug-likeness (QED) is 0.699. The van der Waals surface area contributed by atoms with Gasteiger partial charge in [0.2, 0.25) is 0 Å². The fourth-order valence-electron chi connectivity index (χ4n) is 2.64. The Balaban J connectivity index is 1.74. The molecule has 2 unspecified atom stereocenters. The van der Waals surface area contributed by atoms with Gasteiger partial charge in [0.1, 0.15) is 5.76 Å². The van der Waals surface area contributed by atoms with Crippen LogP contribution in [0.2, 0.25) is 0 Å². The van der Waals surface area contributed by atoms with Crippen molar-refractivity contribution in [2.45, 2.75) is 24.8 Å². The molecule has 0 saturated carbocycles. The Bertz CT molecular complexity index is 631. The van der Waals surface area contributed by atoms with Gasteiger partial charge in [-0.2, -0.15) is 0 Å². The van der Waals surface area contributed by atoms with E-state index < -0.39 is 0 Å². The van der Waals surface area contributed by atoms with Crippen LogP contribution in [0, 0.1) is 0 Å². The van der Waals surface area contributed by atoms with Crippen LogP contribution in [-0.2, 0) is 0 Å². The Hall–Kier alpha value is -1.84. The maximum Gasteiger partial charge on any atom is 0.111 e. The lowest BCUT2D eigenvalue weighted by Crippen LogP contribution is -2.11. The third kappa shape index (κ3) is 3.43. The highest BCUT2D eigenvalue weighted by Gasteiger charge is 2.18. The Labute approximate surface area is 129 Å².